The highest BCUT2D eigenvalue weighted by molar-refractivity contribution is 6.00. The van der Waals surface area contributed by atoms with E-state index in [2.05, 4.69) is 11.1 Å². The minimum atomic E-state index is -1.05. The molecule has 1 aromatic heterocycles. The molecular weight excluding hydrogens is 382 g/mol. The standard InChI is InChI=1S/C23H17N3O4/c24-12-19-18(14-6-8-17(27)9-7-14)11-20(15-4-2-1-3-5-15)25-22(19)26-13-16(23(29)30)10-21(26)28/h1-9,11,16,27H,10,13H2,(H,29,30). The van der Waals surface area contributed by atoms with Crippen LogP contribution >= 0.6 is 0 Å². The number of rotatable bonds is 4. The number of benzene rings is 2. The number of aromatic nitrogens is 1. The molecule has 2 heterocycles. The number of phenolic OH excluding ortho intramolecular Hbond substituents is 1. The van der Waals surface area contributed by atoms with E-state index in [4.69, 9.17) is 0 Å². The molecule has 1 unspecified atom stereocenters. The summed E-state index contributed by atoms with van der Waals surface area (Å²) < 4.78 is 0. The summed E-state index contributed by atoms with van der Waals surface area (Å²) in [4.78, 5) is 29.8. The molecule has 4 rings (SSSR count). The number of nitriles is 1. The van der Waals surface area contributed by atoms with E-state index in [9.17, 15) is 25.1 Å². The molecule has 1 aliphatic rings. The van der Waals surface area contributed by atoms with Gasteiger partial charge in [0, 0.05) is 24.1 Å². The van der Waals surface area contributed by atoms with E-state index in [0.29, 0.717) is 16.8 Å². The monoisotopic (exact) mass is 399 g/mol. The molecule has 0 saturated carbocycles. The Balaban J connectivity index is 1.93. The van der Waals surface area contributed by atoms with Crippen molar-refractivity contribution in [1.29, 1.82) is 5.26 Å². The Morgan fingerprint density at radius 2 is 1.80 bits per heavy atom. The second kappa shape index (κ2) is 7.68. The van der Waals surface area contributed by atoms with Gasteiger partial charge >= 0.3 is 5.97 Å². The summed E-state index contributed by atoms with van der Waals surface area (Å²) >= 11 is 0. The fourth-order valence-electron chi connectivity index (χ4n) is 3.54. The Bertz CT molecular complexity index is 1170. The van der Waals surface area contributed by atoms with Gasteiger partial charge in [-0.2, -0.15) is 5.26 Å². The number of anilines is 1. The molecule has 0 aliphatic carbocycles. The van der Waals surface area contributed by atoms with Crippen LogP contribution in [0.2, 0.25) is 0 Å². The highest BCUT2D eigenvalue weighted by Crippen LogP contribution is 2.36. The van der Waals surface area contributed by atoms with Crippen molar-refractivity contribution in [3.05, 3.63) is 66.2 Å². The summed E-state index contributed by atoms with van der Waals surface area (Å²) in [6.07, 6.45) is -0.133. The summed E-state index contributed by atoms with van der Waals surface area (Å²) in [7, 11) is 0. The number of amides is 1. The van der Waals surface area contributed by atoms with Crippen LogP contribution in [0.25, 0.3) is 22.4 Å². The molecule has 1 amide bonds. The number of carbonyl (C=O) groups is 2. The Labute approximate surface area is 172 Å². The van der Waals surface area contributed by atoms with E-state index >= 15 is 0 Å². The highest BCUT2D eigenvalue weighted by atomic mass is 16.4. The first-order chi connectivity index (χ1) is 14.5. The van der Waals surface area contributed by atoms with Gasteiger partial charge in [0.15, 0.2) is 5.82 Å². The van der Waals surface area contributed by atoms with Gasteiger partial charge < -0.3 is 10.2 Å². The molecule has 1 aliphatic heterocycles. The number of nitrogens with zero attached hydrogens (tertiary/aromatic N) is 3. The zero-order valence-corrected chi connectivity index (χ0v) is 15.8. The Morgan fingerprint density at radius 3 is 2.40 bits per heavy atom. The van der Waals surface area contributed by atoms with Gasteiger partial charge in [-0.15, -0.1) is 0 Å². The van der Waals surface area contributed by atoms with Crippen LogP contribution in [-0.2, 0) is 9.59 Å². The fourth-order valence-corrected chi connectivity index (χ4v) is 3.54. The van der Waals surface area contributed by atoms with Crippen LogP contribution in [0.15, 0.2) is 60.7 Å². The SMILES string of the molecule is N#Cc1c(-c2ccc(O)cc2)cc(-c2ccccc2)nc1N1CC(C(=O)O)CC1=O. The average Bonchev–Trinajstić information content (AvgIpc) is 3.16. The van der Waals surface area contributed by atoms with E-state index in [1.807, 2.05) is 30.3 Å². The average molecular weight is 399 g/mol. The van der Waals surface area contributed by atoms with Gasteiger partial charge in [0.25, 0.3) is 0 Å². The third-order valence-corrected chi connectivity index (χ3v) is 5.09. The second-order valence-electron chi connectivity index (χ2n) is 7.02. The number of carboxylic acids is 1. The van der Waals surface area contributed by atoms with Crippen LogP contribution in [0.4, 0.5) is 5.82 Å². The predicted molar refractivity (Wildman–Crippen MR) is 110 cm³/mol. The number of hydrogen-bond acceptors (Lipinski definition) is 5. The minimum Gasteiger partial charge on any atom is -0.508 e. The summed E-state index contributed by atoms with van der Waals surface area (Å²) in [5, 5.41) is 28.8. The van der Waals surface area contributed by atoms with Crippen molar-refractivity contribution in [2.75, 3.05) is 11.4 Å². The Morgan fingerprint density at radius 1 is 1.10 bits per heavy atom. The number of hydrogen-bond donors (Lipinski definition) is 2. The number of pyridine rings is 1. The molecule has 1 atom stereocenters. The van der Waals surface area contributed by atoms with Crippen LogP contribution < -0.4 is 4.90 Å². The van der Waals surface area contributed by atoms with Crippen LogP contribution in [0, 0.1) is 17.2 Å². The molecule has 3 aromatic rings. The molecule has 30 heavy (non-hydrogen) atoms. The normalized spacial score (nSPS) is 15.8. The van der Waals surface area contributed by atoms with Crippen molar-refractivity contribution in [1.82, 2.24) is 4.98 Å². The molecular formula is C23H17N3O4. The molecule has 0 radical (unpaired) electrons. The Hall–Kier alpha value is -4.18. The summed E-state index contributed by atoms with van der Waals surface area (Å²) in [5.74, 6) is -2.04. The van der Waals surface area contributed by atoms with E-state index in [1.165, 1.54) is 17.0 Å². The molecule has 0 bridgehead atoms. The largest absolute Gasteiger partial charge is 0.508 e. The van der Waals surface area contributed by atoms with Crippen molar-refractivity contribution < 1.29 is 19.8 Å². The lowest BCUT2D eigenvalue weighted by Crippen LogP contribution is -2.28. The summed E-state index contributed by atoms with van der Waals surface area (Å²) in [5.41, 5.74) is 2.75. The maximum absolute atomic E-state index is 12.6. The lowest BCUT2D eigenvalue weighted by Gasteiger charge is -2.20. The van der Waals surface area contributed by atoms with Gasteiger partial charge in [-0.05, 0) is 23.8 Å². The third kappa shape index (κ3) is 3.47. The van der Waals surface area contributed by atoms with E-state index in [-0.39, 0.29) is 36.0 Å². The molecule has 2 aromatic carbocycles. The predicted octanol–water partition coefficient (Wildman–Crippen LogP) is 3.43. The molecule has 2 N–H and O–H groups in total. The quantitative estimate of drug-likeness (QED) is 0.695. The lowest BCUT2D eigenvalue weighted by atomic mass is 9.98. The first-order valence-corrected chi connectivity index (χ1v) is 9.31. The van der Waals surface area contributed by atoms with Crippen molar-refractivity contribution in [3.63, 3.8) is 0 Å². The smallest absolute Gasteiger partial charge is 0.308 e. The maximum atomic E-state index is 12.6. The van der Waals surface area contributed by atoms with Gasteiger partial charge in [-0.3, -0.25) is 14.5 Å². The van der Waals surface area contributed by atoms with Crippen LogP contribution in [0.1, 0.15) is 12.0 Å². The first kappa shape index (κ1) is 19.2. The second-order valence-corrected chi connectivity index (χ2v) is 7.02. The molecule has 1 saturated heterocycles. The number of aliphatic carboxylic acids is 1. The maximum Gasteiger partial charge on any atom is 0.308 e. The van der Waals surface area contributed by atoms with E-state index < -0.39 is 11.9 Å². The van der Waals surface area contributed by atoms with Crippen molar-refractivity contribution >= 4 is 17.7 Å². The van der Waals surface area contributed by atoms with E-state index in [0.717, 1.165) is 5.56 Å². The number of aromatic hydroxyl groups is 1. The number of carboxylic acid groups (broad SMARTS) is 1. The lowest BCUT2D eigenvalue weighted by molar-refractivity contribution is -0.141. The number of carbonyl (C=O) groups excluding carboxylic acids is 1. The number of phenols is 1. The van der Waals surface area contributed by atoms with Crippen molar-refractivity contribution in [2.45, 2.75) is 6.42 Å². The van der Waals surface area contributed by atoms with Crippen LogP contribution in [0.3, 0.4) is 0 Å². The highest BCUT2D eigenvalue weighted by Gasteiger charge is 2.37. The molecule has 0 spiro atoms. The van der Waals surface area contributed by atoms with E-state index in [1.54, 1.807) is 18.2 Å². The summed E-state index contributed by atoms with van der Waals surface area (Å²) in [6.45, 7) is -0.0386. The zero-order valence-electron chi connectivity index (χ0n) is 15.8. The van der Waals surface area contributed by atoms with Gasteiger partial charge in [0.05, 0.1) is 11.6 Å². The van der Waals surface area contributed by atoms with Gasteiger partial charge in [-0.1, -0.05) is 42.5 Å². The molecule has 7 nitrogen and oxygen atoms in total. The van der Waals surface area contributed by atoms with Gasteiger partial charge in [-0.25, -0.2) is 4.98 Å². The Kier molecular flexibility index (Phi) is 4.90. The van der Waals surface area contributed by atoms with Crippen molar-refractivity contribution in [3.8, 4) is 34.2 Å². The molecule has 148 valence electrons. The third-order valence-electron chi connectivity index (χ3n) is 5.09. The van der Waals surface area contributed by atoms with Crippen LogP contribution in [-0.4, -0.2) is 33.6 Å². The first-order valence-electron chi connectivity index (χ1n) is 9.31. The van der Waals surface area contributed by atoms with Crippen LogP contribution in [0.5, 0.6) is 5.75 Å². The fraction of sp³-hybridized carbons (Fsp3) is 0.130. The minimum absolute atomic E-state index is 0.0386. The topological polar surface area (TPSA) is 115 Å². The van der Waals surface area contributed by atoms with Crippen molar-refractivity contribution in [2.24, 2.45) is 5.92 Å². The van der Waals surface area contributed by atoms with Gasteiger partial charge in [0.1, 0.15) is 17.4 Å². The summed E-state index contributed by atoms with van der Waals surface area (Å²) in [6, 6.07) is 19.6. The van der Waals surface area contributed by atoms with Gasteiger partial charge in [0.2, 0.25) is 5.91 Å². The molecule has 7 heteroatoms. The molecule has 1 fully saturated rings. The zero-order chi connectivity index (χ0) is 21.3.